The Hall–Kier alpha value is -4.39. The molecule has 4 amide bonds. The van der Waals surface area contributed by atoms with Gasteiger partial charge in [-0.3, -0.25) is 9.59 Å². The lowest BCUT2D eigenvalue weighted by Gasteiger charge is -2.35. The van der Waals surface area contributed by atoms with Gasteiger partial charge in [-0.25, -0.2) is 9.69 Å². The zero-order chi connectivity index (χ0) is 26.4. The summed E-state index contributed by atoms with van der Waals surface area (Å²) in [6, 6.07) is 24.5. The molecule has 192 valence electrons. The standard InChI is InChI=1S/C31H30N4O3/c1-20(16-17-21-10-4-3-5-11-21)32-28(36)24-13-7-9-15-26(24)35-29(37)31(2)27-23(18-19-34(31)30(35)38)22-12-6-8-14-25(22)33-27/h3-15,20,33H,16-19H2,1-2H3,(H,32,36)/t20?,31-/m0/s1. The number of rotatable bonds is 6. The van der Waals surface area contributed by atoms with E-state index in [9.17, 15) is 14.4 Å². The summed E-state index contributed by atoms with van der Waals surface area (Å²) in [4.78, 5) is 47.4. The van der Waals surface area contributed by atoms with Gasteiger partial charge in [-0.05, 0) is 62.4 Å². The first-order chi connectivity index (χ1) is 18.4. The number of hydrogen-bond donors (Lipinski definition) is 2. The number of anilines is 1. The largest absolute Gasteiger partial charge is 0.356 e. The Morgan fingerprint density at radius 2 is 1.71 bits per heavy atom. The number of aromatic amines is 1. The highest BCUT2D eigenvalue weighted by Gasteiger charge is 2.59. The van der Waals surface area contributed by atoms with Crippen LogP contribution in [0.1, 0.15) is 47.4 Å². The van der Waals surface area contributed by atoms with Crippen molar-refractivity contribution in [3.8, 4) is 0 Å². The minimum absolute atomic E-state index is 0.0847. The average Bonchev–Trinajstić information content (AvgIpc) is 3.41. The maximum Gasteiger partial charge on any atom is 0.332 e. The minimum Gasteiger partial charge on any atom is -0.356 e. The number of benzene rings is 3. The second-order valence-electron chi connectivity index (χ2n) is 10.3. The van der Waals surface area contributed by atoms with Gasteiger partial charge in [0, 0.05) is 23.5 Å². The van der Waals surface area contributed by atoms with Gasteiger partial charge in [0.15, 0.2) is 5.54 Å². The number of nitrogens with zero attached hydrogens (tertiary/aromatic N) is 2. The van der Waals surface area contributed by atoms with Crippen LogP contribution in [0, 0.1) is 0 Å². The molecule has 1 saturated heterocycles. The van der Waals surface area contributed by atoms with E-state index in [1.165, 1.54) is 10.5 Å². The number of imide groups is 1. The number of carbonyl (C=O) groups excluding carboxylic acids is 3. The highest BCUT2D eigenvalue weighted by atomic mass is 16.2. The molecule has 0 aliphatic carbocycles. The van der Waals surface area contributed by atoms with Crippen LogP contribution in [-0.2, 0) is 23.2 Å². The maximum atomic E-state index is 14.1. The van der Waals surface area contributed by atoms with Gasteiger partial charge in [0.05, 0.1) is 16.9 Å². The number of urea groups is 1. The highest BCUT2D eigenvalue weighted by Crippen LogP contribution is 2.45. The van der Waals surface area contributed by atoms with E-state index in [0.717, 1.165) is 35.0 Å². The molecule has 7 heteroatoms. The zero-order valence-electron chi connectivity index (χ0n) is 21.5. The molecule has 6 rings (SSSR count). The second-order valence-corrected chi connectivity index (χ2v) is 10.3. The van der Waals surface area contributed by atoms with Crippen LogP contribution in [-0.4, -0.2) is 40.3 Å². The summed E-state index contributed by atoms with van der Waals surface area (Å²) in [6.07, 6.45) is 2.27. The molecule has 1 unspecified atom stereocenters. The predicted molar refractivity (Wildman–Crippen MR) is 147 cm³/mol. The van der Waals surface area contributed by atoms with Crippen LogP contribution < -0.4 is 10.2 Å². The van der Waals surface area contributed by atoms with Gasteiger partial charge in [-0.2, -0.15) is 0 Å². The smallest absolute Gasteiger partial charge is 0.332 e. The molecule has 0 saturated carbocycles. The van der Waals surface area contributed by atoms with Crippen molar-refractivity contribution in [1.29, 1.82) is 0 Å². The third-order valence-corrected chi connectivity index (χ3v) is 7.94. The Labute approximate surface area is 221 Å². The Balaban J connectivity index is 1.29. The number of aryl methyl sites for hydroxylation is 1. The second kappa shape index (κ2) is 9.17. The van der Waals surface area contributed by atoms with Crippen molar-refractivity contribution in [2.75, 3.05) is 11.4 Å². The number of hydrogen-bond acceptors (Lipinski definition) is 3. The van der Waals surface area contributed by atoms with Crippen LogP contribution in [0.5, 0.6) is 0 Å². The summed E-state index contributed by atoms with van der Waals surface area (Å²) in [5.74, 6) is -0.657. The Morgan fingerprint density at radius 1 is 1.00 bits per heavy atom. The zero-order valence-corrected chi connectivity index (χ0v) is 21.5. The number of amides is 4. The first-order valence-electron chi connectivity index (χ1n) is 13.1. The lowest BCUT2D eigenvalue weighted by Crippen LogP contribution is -2.49. The van der Waals surface area contributed by atoms with Crippen LogP contribution in [0.4, 0.5) is 10.5 Å². The van der Waals surface area contributed by atoms with E-state index in [-0.39, 0.29) is 17.9 Å². The molecule has 1 fully saturated rings. The van der Waals surface area contributed by atoms with Crippen LogP contribution >= 0.6 is 0 Å². The number of aromatic nitrogens is 1. The monoisotopic (exact) mass is 506 g/mol. The van der Waals surface area contributed by atoms with Gasteiger partial charge in [0.1, 0.15) is 0 Å². The van der Waals surface area contributed by atoms with Crippen LogP contribution in [0.2, 0.25) is 0 Å². The van der Waals surface area contributed by atoms with E-state index in [4.69, 9.17) is 0 Å². The topological polar surface area (TPSA) is 85.5 Å². The van der Waals surface area contributed by atoms with Crippen molar-refractivity contribution in [3.63, 3.8) is 0 Å². The molecule has 3 aromatic carbocycles. The molecule has 0 radical (unpaired) electrons. The van der Waals surface area contributed by atoms with Gasteiger partial charge in [-0.15, -0.1) is 0 Å². The molecular formula is C31H30N4O3. The fourth-order valence-corrected chi connectivity index (χ4v) is 5.87. The van der Waals surface area contributed by atoms with Crippen molar-refractivity contribution in [2.45, 2.75) is 44.7 Å². The normalized spacial score (nSPS) is 19.4. The molecule has 1 aromatic heterocycles. The third kappa shape index (κ3) is 3.69. The fourth-order valence-electron chi connectivity index (χ4n) is 5.87. The molecule has 2 atom stereocenters. The Morgan fingerprint density at radius 3 is 2.53 bits per heavy atom. The Kier molecular flexibility index (Phi) is 5.79. The third-order valence-electron chi connectivity index (χ3n) is 7.94. The molecule has 0 bridgehead atoms. The molecule has 3 heterocycles. The van der Waals surface area contributed by atoms with Crippen molar-refractivity contribution >= 4 is 34.4 Å². The van der Waals surface area contributed by atoms with Crippen molar-refractivity contribution < 1.29 is 14.4 Å². The molecular weight excluding hydrogens is 476 g/mol. The van der Waals surface area contributed by atoms with Gasteiger partial charge in [0.25, 0.3) is 11.8 Å². The van der Waals surface area contributed by atoms with Gasteiger partial charge < -0.3 is 15.2 Å². The van der Waals surface area contributed by atoms with E-state index < -0.39 is 11.6 Å². The van der Waals surface area contributed by atoms with Gasteiger partial charge in [0.2, 0.25) is 0 Å². The fraction of sp³-hybridized carbons (Fsp3) is 0.258. The minimum atomic E-state index is -1.17. The quantitative estimate of drug-likeness (QED) is 0.354. The van der Waals surface area contributed by atoms with E-state index in [0.29, 0.717) is 24.2 Å². The number of fused-ring (bicyclic) bond motifs is 5. The van der Waals surface area contributed by atoms with E-state index in [1.54, 1.807) is 36.1 Å². The molecule has 2 aliphatic rings. The van der Waals surface area contributed by atoms with E-state index in [1.807, 2.05) is 49.4 Å². The SMILES string of the molecule is CC(CCc1ccccc1)NC(=O)c1ccccc1N1C(=O)N2CCc3c([nH]c4ccccc34)[C@@]2(C)C1=O. The van der Waals surface area contributed by atoms with Crippen LogP contribution in [0.3, 0.4) is 0 Å². The van der Waals surface area contributed by atoms with Crippen LogP contribution in [0.15, 0.2) is 78.9 Å². The Bertz CT molecular complexity index is 1560. The number of para-hydroxylation sites is 2. The summed E-state index contributed by atoms with van der Waals surface area (Å²) in [5.41, 5.74) is 3.43. The first kappa shape index (κ1) is 24.0. The lowest BCUT2D eigenvalue weighted by atomic mass is 9.87. The average molecular weight is 507 g/mol. The molecule has 0 spiro atoms. The van der Waals surface area contributed by atoms with E-state index >= 15 is 0 Å². The van der Waals surface area contributed by atoms with E-state index in [2.05, 4.69) is 22.4 Å². The van der Waals surface area contributed by atoms with Crippen molar-refractivity contribution in [2.24, 2.45) is 0 Å². The summed E-state index contributed by atoms with van der Waals surface area (Å²) >= 11 is 0. The maximum absolute atomic E-state index is 14.1. The first-order valence-corrected chi connectivity index (χ1v) is 13.1. The summed E-state index contributed by atoms with van der Waals surface area (Å²) in [6.45, 7) is 4.20. The highest BCUT2D eigenvalue weighted by molar-refractivity contribution is 6.25. The molecule has 2 aliphatic heterocycles. The van der Waals surface area contributed by atoms with Crippen LogP contribution in [0.25, 0.3) is 10.9 Å². The summed E-state index contributed by atoms with van der Waals surface area (Å²) in [5, 5.41) is 4.13. The van der Waals surface area contributed by atoms with Gasteiger partial charge in [-0.1, -0.05) is 60.7 Å². The molecule has 4 aromatic rings. The summed E-state index contributed by atoms with van der Waals surface area (Å²) < 4.78 is 0. The lowest BCUT2D eigenvalue weighted by molar-refractivity contribution is -0.125. The van der Waals surface area contributed by atoms with Crippen molar-refractivity contribution in [1.82, 2.24) is 15.2 Å². The molecule has 38 heavy (non-hydrogen) atoms. The van der Waals surface area contributed by atoms with Gasteiger partial charge >= 0.3 is 6.03 Å². The number of carbonyl (C=O) groups is 3. The number of H-pyrrole nitrogens is 1. The molecule has 7 nitrogen and oxygen atoms in total. The van der Waals surface area contributed by atoms with Crippen molar-refractivity contribution in [3.05, 3.63) is 101 Å². The predicted octanol–water partition coefficient (Wildman–Crippen LogP) is 5.16. The molecule has 2 N–H and O–H groups in total. The summed E-state index contributed by atoms with van der Waals surface area (Å²) in [7, 11) is 0. The number of nitrogens with one attached hydrogen (secondary N) is 2.